The van der Waals surface area contributed by atoms with Crippen molar-refractivity contribution >= 4 is 29.1 Å². The zero-order valence-electron chi connectivity index (χ0n) is 11.2. The van der Waals surface area contributed by atoms with E-state index in [1.54, 1.807) is 18.2 Å². The summed E-state index contributed by atoms with van der Waals surface area (Å²) in [5.74, 6) is 0.00806. The second-order valence-electron chi connectivity index (χ2n) is 5.54. The molecule has 0 saturated carbocycles. The summed E-state index contributed by atoms with van der Waals surface area (Å²) in [6, 6.07) is 5.79. The Labute approximate surface area is 129 Å². The summed E-state index contributed by atoms with van der Waals surface area (Å²) in [5, 5.41) is 4.53. The summed E-state index contributed by atoms with van der Waals surface area (Å²) in [5.41, 5.74) is 0.518. The van der Waals surface area contributed by atoms with Gasteiger partial charge in [-0.15, -0.1) is 0 Å². The molecule has 2 atom stereocenters. The van der Waals surface area contributed by atoms with Crippen LogP contribution in [0, 0.1) is 0 Å². The lowest BCUT2D eigenvalue weighted by Crippen LogP contribution is -2.46. The molecule has 2 aliphatic rings. The van der Waals surface area contributed by atoms with Gasteiger partial charge in [0, 0.05) is 23.7 Å². The van der Waals surface area contributed by atoms with Crippen LogP contribution < -0.4 is 5.32 Å². The number of rotatable bonds is 2. The number of carbonyl (C=O) groups excluding carboxylic acids is 1. The Kier molecular flexibility index (Phi) is 4.20. The monoisotopic (exact) mass is 312 g/mol. The Morgan fingerprint density at radius 2 is 2.10 bits per heavy atom. The lowest BCUT2D eigenvalue weighted by molar-refractivity contribution is 0.0711. The van der Waals surface area contributed by atoms with Crippen LogP contribution in [0.25, 0.3) is 0 Å². The minimum absolute atomic E-state index is 0.00806. The van der Waals surface area contributed by atoms with E-state index < -0.39 is 0 Å². The van der Waals surface area contributed by atoms with Crippen LogP contribution in [0.1, 0.15) is 36.0 Å². The Hall–Kier alpha value is -0.770. The van der Waals surface area contributed by atoms with E-state index in [4.69, 9.17) is 23.2 Å². The quantitative estimate of drug-likeness (QED) is 0.908. The second-order valence-corrected chi connectivity index (χ2v) is 6.38. The SMILES string of the molecule is O=C(c1cc(Cl)ccc1Cl)N1CCCC1C1CCCN1. The third-order valence-electron chi connectivity index (χ3n) is 4.28. The Morgan fingerprint density at radius 3 is 2.85 bits per heavy atom. The largest absolute Gasteiger partial charge is 0.334 e. The molecular weight excluding hydrogens is 295 g/mol. The molecule has 1 aromatic carbocycles. The molecule has 0 aromatic heterocycles. The molecule has 2 heterocycles. The maximum absolute atomic E-state index is 12.7. The first-order chi connectivity index (χ1) is 9.66. The summed E-state index contributed by atoms with van der Waals surface area (Å²) < 4.78 is 0. The number of amides is 1. The molecule has 1 aromatic rings. The van der Waals surface area contributed by atoms with Crippen LogP contribution in [0.15, 0.2) is 18.2 Å². The van der Waals surface area contributed by atoms with E-state index in [1.807, 2.05) is 4.90 Å². The number of benzene rings is 1. The number of nitrogens with zero attached hydrogens (tertiary/aromatic N) is 1. The van der Waals surface area contributed by atoms with Crippen molar-refractivity contribution < 1.29 is 4.79 Å². The van der Waals surface area contributed by atoms with Gasteiger partial charge in [-0.1, -0.05) is 23.2 Å². The van der Waals surface area contributed by atoms with Crippen LogP contribution in [0.4, 0.5) is 0 Å². The second kappa shape index (κ2) is 5.92. The normalized spacial score (nSPS) is 26.2. The fourth-order valence-electron chi connectivity index (χ4n) is 3.32. The number of hydrogen-bond acceptors (Lipinski definition) is 2. The Morgan fingerprint density at radius 1 is 1.25 bits per heavy atom. The first kappa shape index (κ1) is 14.2. The highest BCUT2D eigenvalue weighted by Crippen LogP contribution is 2.29. The van der Waals surface area contributed by atoms with Gasteiger partial charge in [0.25, 0.3) is 5.91 Å². The first-order valence-corrected chi connectivity index (χ1v) is 7.92. The maximum atomic E-state index is 12.7. The summed E-state index contributed by atoms with van der Waals surface area (Å²) >= 11 is 12.1. The number of carbonyl (C=O) groups is 1. The van der Waals surface area contributed by atoms with Crippen molar-refractivity contribution in [2.45, 2.75) is 37.8 Å². The van der Waals surface area contributed by atoms with E-state index in [9.17, 15) is 4.79 Å². The minimum Gasteiger partial charge on any atom is -0.334 e. The van der Waals surface area contributed by atoms with Gasteiger partial charge in [0.1, 0.15) is 0 Å². The van der Waals surface area contributed by atoms with E-state index in [-0.39, 0.29) is 5.91 Å². The Balaban J connectivity index is 1.83. The summed E-state index contributed by atoms with van der Waals surface area (Å²) in [7, 11) is 0. The molecule has 2 unspecified atom stereocenters. The van der Waals surface area contributed by atoms with Crippen molar-refractivity contribution in [2.24, 2.45) is 0 Å². The topological polar surface area (TPSA) is 32.3 Å². The average molecular weight is 313 g/mol. The molecule has 2 aliphatic heterocycles. The van der Waals surface area contributed by atoms with Crippen molar-refractivity contribution in [3.05, 3.63) is 33.8 Å². The molecule has 1 amide bonds. The molecule has 3 rings (SSSR count). The molecule has 0 spiro atoms. The fraction of sp³-hybridized carbons (Fsp3) is 0.533. The first-order valence-electron chi connectivity index (χ1n) is 7.16. The standard InChI is InChI=1S/C15H18Cl2N2O/c16-10-5-6-12(17)11(9-10)15(20)19-8-2-4-14(19)13-3-1-7-18-13/h5-6,9,13-14,18H,1-4,7-8H2. The molecule has 1 N–H and O–H groups in total. The van der Waals surface area contributed by atoms with Gasteiger partial charge in [-0.05, 0) is 50.4 Å². The van der Waals surface area contributed by atoms with Crippen molar-refractivity contribution in [2.75, 3.05) is 13.1 Å². The summed E-state index contributed by atoms with van der Waals surface area (Å²) in [6.45, 7) is 1.87. The summed E-state index contributed by atoms with van der Waals surface area (Å²) in [6.07, 6.45) is 4.48. The average Bonchev–Trinajstić information content (AvgIpc) is 3.10. The number of likely N-dealkylation sites (tertiary alicyclic amines) is 1. The number of nitrogens with one attached hydrogen (secondary N) is 1. The van der Waals surface area contributed by atoms with Gasteiger partial charge in [-0.3, -0.25) is 4.79 Å². The molecule has 0 radical (unpaired) electrons. The van der Waals surface area contributed by atoms with E-state index in [0.29, 0.717) is 27.7 Å². The molecular formula is C15H18Cl2N2O. The van der Waals surface area contributed by atoms with Crippen LogP contribution in [-0.2, 0) is 0 Å². The maximum Gasteiger partial charge on any atom is 0.255 e. The molecule has 20 heavy (non-hydrogen) atoms. The van der Waals surface area contributed by atoms with Crippen molar-refractivity contribution in [3.63, 3.8) is 0 Å². The lowest BCUT2D eigenvalue weighted by atomic mass is 10.0. The van der Waals surface area contributed by atoms with Gasteiger partial charge >= 0.3 is 0 Å². The van der Waals surface area contributed by atoms with Crippen molar-refractivity contribution in [1.82, 2.24) is 10.2 Å². The number of hydrogen-bond donors (Lipinski definition) is 1. The van der Waals surface area contributed by atoms with Gasteiger partial charge in [0.15, 0.2) is 0 Å². The van der Waals surface area contributed by atoms with Crippen LogP contribution in [0.5, 0.6) is 0 Å². The smallest absolute Gasteiger partial charge is 0.255 e. The fourth-order valence-corrected chi connectivity index (χ4v) is 3.69. The summed E-state index contributed by atoms with van der Waals surface area (Å²) in [4.78, 5) is 14.7. The highest BCUT2D eigenvalue weighted by molar-refractivity contribution is 6.35. The molecule has 108 valence electrons. The van der Waals surface area contributed by atoms with E-state index in [2.05, 4.69) is 5.32 Å². The molecule has 5 heteroatoms. The van der Waals surface area contributed by atoms with E-state index in [1.165, 1.54) is 6.42 Å². The van der Waals surface area contributed by atoms with E-state index in [0.717, 1.165) is 32.4 Å². The number of halogens is 2. The van der Waals surface area contributed by atoms with Crippen LogP contribution in [-0.4, -0.2) is 36.0 Å². The van der Waals surface area contributed by atoms with E-state index >= 15 is 0 Å². The molecule has 2 fully saturated rings. The van der Waals surface area contributed by atoms with Gasteiger partial charge < -0.3 is 10.2 Å². The molecule has 0 bridgehead atoms. The molecule has 2 saturated heterocycles. The van der Waals surface area contributed by atoms with Gasteiger partial charge in [-0.25, -0.2) is 0 Å². The lowest BCUT2D eigenvalue weighted by Gasteiger charge is -2.30. The minimum atomic E-state index is 0.00806. The highest BCUT2D eigenvalue weighted by Gasteiger charge is 2.36. The van der Waals surface area contributed by atoms with Gasteiger partial charge in [0.05, 0.1) is 10.6 Å². The predicted molar refractivity (Wildman–Crippen MR) is 81.5 cm³/mol. The highest BCUT2D eigenvalue weighted by atomic mass is 35.5. The predicted octanol–water partition coefficient (Wildman–Crippen LogP) is 3.35. The van der Waals surface area contributed by atoms with Crippen molar-refractivity contribution in [1.29, 1.82) is 0 Å². The van der Waals surface area contributed by atoms with Crippen LogP contribution in [0.2, 0.25) is 10.0 Å². The third-order valence-corrected chi connectivity index (χ3v) is 4.85. The molecule has 3 nitrogen and oxygen atoms in total. The van der Waals surface area contributed by atoms with Gasteiger partial charge in [-0.2, -0.15) is 0 Å². The van der Waals surface area contributed by atoms with Gasteiger partial charge in [0.2, 0.25) is 0 Å². The molecule has 0 aliphatic carbocycles. The van der Waals surface area contributed by atoms with Crippen molar-refractivity contribution in [3.8, 4) is 0 Å². The zero-order chi connectivity index (χ0) is 14.1. The van der Waals surface area contributed by atoms with Crippen LogP contribution >= 0.6 is 23.2 Å². The third kappa shape index (κ3) is 2.67. The zero-order valence-corrected chi connectivity index (χ0v) is 12.8. The Bertz CT molecular complexity index is 515. The van der Waals surface area contributed by atoms with Crippen LogP contribution in [0.3, 0.4) is 0 Å².